The average Bonchev–Trinajstić information content (AvgIpc) is 3.69. The molecule has 1 amide bonds. The van der Waals surface area contributed by atoms with Gasteiger partial charge in [-0.25, -0.2) is 13.1 Å². The van der Waals surface area contributed by atoms with Gasteiger partial charge in [0.25, 0.3) is 21.6 Å². The van der Waals surface area contributed by atoms with Gasteiger partial charge in [0.05, 0.1) is 27.7 Å². The van der Waals surface area contributed by atoms with Crippen LogP contribution in [0.1, 0.15) is 68.3 Å². The second-order valence-corrected chi connectivity index (χ2v) is 21.1. The smallest absolute Gasteiger partial charge is 0.409 e. The molecule has 0 bridgehead atoms. The number of nitrogens with one attached hydrogen (secondary N) is 3. The number of H-pyrrole nitrogens is 1. The molecule has 2 saturated heterocycles. The van der Waals surface area contributed by atoms with E-state index in [1.165, 1.54) is 35.4 Å². The molecule has 2 fully saturated rings. The van der Waals surface area contributed by atoms with Crippen molar-refractivity contribution in [3.05, 3.63) is 111 Å². The fourth-order valence-corrected chi connectivity index (χ4v) is 10.9. The first-order chi connectivity index (χ1) is 32.9. The maximum absolute atomic E-state index is 15.4. The quantitative estimate of drug-likeness (QED) is 0.0799. The van der Waals surface area contributed by atoms with Crippen molar-refractivity contribution < 1.29 is 40.8 Å². The second kappa shape index (κ2) is 19.5. The van der Waals surface area contributed by atoms with E-state index in [1.807, 2.05) is 21.8 Å². The molecular formula is C49H54ClF3N8O7S. The summed E-state index contributed by atoms with van der Waals surface area (Å²) in [6.07, 6.45) is 0.659. The van der Waals surface area contributed by atoms with Crippen molar-refractivity contribution in [2.45, 2.75) is 69.5 Å². The number of nitro groups is 1. The molecule has 366 valence electrons. The SMILES string of the molecule is CC1(C)CCC(CN2CCN(c3ccc(C(=O)NS(=O)(=O)c4ccc(NCC5CCOCC5)c([N+](=O)[O-])c4)c(N4c5cc6cc[nH]c6nc5OCC[C@@H]4C(F)(F)F)c3)CC2)=C(c2ccc(Cl)cc2)C1. The zero-order valence-electron chi connectivity index (χ0n) is 38.3. The van der Waals surface area contributed by atoms with Crippen LogP contribution in [0.3, 0.4) is 0 Å². The van der Waals surface area contributed by atoms with Crippen molar-refractivity contribution in [3.8, 4) is 5.88 Å². The number of hydrogen-bond donors (Lipinski definition) is 3. The fourth-order valence-electron chi connectivity index (χ4n) is 9.83. The predicted molar refractivity (Wildman–Crippen MR) is 259 cm³/mol. The van der Waals surface area contributed by atoms with Crippen molar-refractivity contribution in [2.75, 3.05) is 74.2 Å². The number of sulfonamides is 1. The van der Waals surface area contributed by atoms with Gasteiger partial charge in [0.1, 0.15) is 23.1 Å². The molecule has 20 heteroatoms. The van der Waals surface area contributed by atoms with Gasteiger partial charge in [0, 0.05) is 87.3 Å². The number of piperazine rings is 1. The molecule has 3 aromatic carbocycles. The molecule has 4 aliphatic rings. The van der Waals surface area contributed by atoms with E-state index >= 15 is 13.2 Å². The lowest BCUT2D eigenvalue weighted by Gasteiger charge is -2.40. The number of hydrogen-bond acceptors (Lipinski definition) is 12. The minimum Gasteiger partial charge on any atom is -0.476 e. The number of anilines is 4. The summed E-state index contributed by atoms with van der Waals surface area (Å²) in [7, 11) is -4.83. The minimum atomic E-state index is -4.85. The Balaban J connectivity index is 1.04. The Bertz CT molecular complexity index is 2880. The Morgan fingerprint density at radius 1 is 0.971 bits per heavy atom. The molecule has 3 aliphatic heterocycles. The molecule has 0 radical (unpaired) electrons. The third-order valence-electron chi connectivity index (χ3n) is 13.7. The number of benzene rings is 3. The van der Waals surface area contributed by atoms with Crippen LogP contribution in [0, 0.1) is 21.4 Å². The van der Waals surface area contributed by atoms with Gasteiger partial charge < -0.3 is 29.6 Å². The normalized spacial score (nSPS) is 19.5. The molecule has 0 saturated carbocycles. The highest BCUT2D eigenvalue weighted by Gasteiger charge is 2.47. The Labute approximate surface area is 403 Å². The van der Waals surface area contributed by atoms with Gasteiger partial charge in [-0.1, -0.05) is 43.2 Å². The summed E-state index contributed by atoms with van der Waals surface area (Å²) in [5, 5.41) is 16.4. The number of rotatable bonds is 12. The van der Waals surface area contributed by atoms with Gasteiger partial charge in [-0.3, -0.25) is 19.8 Å². The monoisotopic (exact) mass is 990 g/mol. The molecule has 1 aliphatic carbocycles. The summed E-state index contributed by atoms with van der Waals surface area (Å²) in [5.74, 6) is -1.15. The van der Waals surface area contributed by atoms with Gasteiger partial charge in [0.2, 0.25) is 5.88 Å². The van der Waals surface area contributed by atoms with Crippen molar-refractivity contribution in [1.82, 2.24) is 19.6 Å². The number of pyridine rings is 1. The molecule has 5 aromatic rings. The van der Waals surface area contributed by atoms with Crippen LogP contribution >= 0.6 is 11.6 Å². The van der Waals surface area contributed by atoms with E-state index in [4.69, 9.17) is 21.1 Å². The van der Waals surface area contributed by atoms with Crippen LogP contribution in [0.25, 0.3) is 16.6 Å². The first kappa shape index (κ1) is 48.1. The van der Waals surface area contributed by atoms with Gasteiger partial charge in [0.15, 0.2) is 0 Å². The maximum atomic E-state index is 15.4. The zero-order chi connectivity index (χ0) is 48.7. The standard InChI is InChI=1S/C49H54ClF3N8O7S/c1-48(2)16-11-34(39(28-48)32-3-5-35(50)6-4-32)30-58-18-20-59(21-19-58)36-7-9-38(41(26-36)60-43-25-33-12-17-54-45(33)56-47(43)68-24-15-44(60)49(51,52)53)46(62)57-69(65,66)37-8-10-40(42(27-37)61(63)64)55-29-31-13-22-67-23-14-31/h3-10,12,17,25-27,31,44,55H,11,13-16,18-24,28-30H2,1-2H3,(H,54,56)(H,57,62)/t44-/m1/s1. The van der Waals surface area contributed by atoms with Crippen molar-refractivity contribution >= 4 is 72.6 Å². The van der Waals surface area contributed by atoms with Crippen LogP contribution in [0.2, 0.25) is 5.02 Å². The van der Waals surface area contributed by atoms with E-state index < -0.39 is 50.1 Å². The molecule has 9 rings (SSSR count). The number of fused-ring (bicyclic) bond motifs is 2. The molecular weight excluding hydrogens is 937 g/mol. The van der Waals surface area contributed by atoms with Gasteiger partial charge in [-0.15, -0.1) is 0 Å². The molecule has 0 unspecified atom stereocenters. The van der Waals surface area contributed by atoms with Crippen LogP contribution in [-0.4, -0.2) is 105 Å². The van der Waals surface area contributed by atoms with Crippen LogP contribution in [0.15, 0.2) is 89.5 Å². The van der Waals surface area contributed by atoms with Crippen LogP contribution in [0.4, 0.5) is 41.6 Å². The van der Waals surface area contributed by atoms with E-state index in [0.717, 1.165) is 61.2 Å². The summed E-state index contributed by atoms with van der Waals surface area (Å²) in [6.45, 7) is 8.84. The third kappa shape index (κ3) is 10.7. The second-order valence-electron chi connectivity index (χ2n) is 19.0. The lowest BCUT2D eigenvalue weighted by atomic mass is 9.72. The van der Waals surface area contributed by atoms with Crippen LogP contribution < -0.4 is 24.6 Å². The molecule has 2 aromatic heterocycles. The third-order valence-corrected chi connectivity index (χ3v) is 15.3. The number of aromatic nitrogens is 2. The molecule has 0 spiro atoms. The van der Waals surface area contributed by atoms with E-state index in [0.29, 0.717) is 67.7 Å². The summed E-state index contributed by atoms with van der Waals surface area (Å²) in [4.78, 5) is 38.2. The number of carbonyl (C=O) groups is 1. The Kier molecular flexibility index (Phi) is 13.6. The molecule has 5 heterocycles. The zero-order valence-corrected chi connectivity index (χ0v) is 39.9. The predicted octanol–water partition coefficient (Wildman–Crippen LogP) is 9.72. The van der Waals surface area contributed by atoms with E-state index in [2.05, 4.69) is 46.2 Å². The number of nitro benzene ring substituents is 1. The van der Waals surface area contributed by atoms with Gasteiger partial charge in [-0.05, 0) is 109 Å². The average molecular weight is 992 g/mol. The Morgan fingerprint density at radius 2 is 1.72 bits per heavy atom. The topological polar surface area (TPSA) is 175 Å². The highest BCUT2D eigenvalue weighted by molar-refractivity contribution is 7.90. The Morgan fingerprint density at radius 3 is 2.45 bits per heavy atom. The number of carbonyl (C=O) groups excluding carboxylic acids is 1. The highest BCUT2D eigenvalue weighted by Crippen LogP contribution is 2.47. The molecule has 1 atom stereocenters. The number of amides is 1. The molecule has 3 N–H and O–H groups in total. The first-order valence-corrected chi connectivity index (χ1v) is 25.0. The first-order valence-electron chi connectivity index (χ1n) is 23.1. The minimum absolute atomic E-state index is 0.0688. The highest BCUT2D eigenvalue weighted by atomic mass is 35.5. The van der Waals surface area contributed by atoms with Crippen LogP contribution in [0.5, 0.6) is 5.88 Å². The summed E-state index contributed by atoms with van der Waals surface area (Å²) >= 11 is 6.25. The van der Waals surface area contributed by atoms with Crippen molar-refractivity contribution in [3.63, 3.8) is 0 Å². The molecule has 15 nitrogen and oxygen atoms in total. The van der Waals surface area contributed by atoms with E-state index in [-0.39, 0.29) is 46.4 Å². The maximum Gasteiger partial charge on any atom is 0.409 e. The Hall–Kier alpha value is -5.89. The number of alkyl halides is 3. The number of nitrogens with zero attached hydrogens (tertiary/aromatic N) is 5. The number of aromatic amines is 1. The summed E-state index contributed by atoms with van der Waals surface area (Å²) < 4.78 is 87.4. The largest absolute Gasteiger partial charge is 0.476 e. The van der Waals surface area contributed by atoms with Crippen molar-refractivity contribution in [2.24, 2.45) is 11.3 Å². The fraction of sp³-hybridized carbons (Fsp3) is 0.429. The van der Waals surface area contributed by atoms with E-state index in [1.54, 1.807) is 18.3 Å². The lowest BCUT2D eigenvalue weighted by Crippen LogP contribution is -2.47. The summed E-state index contributed by atoms with van der Waals surface area (Å²) in [5.41, 5.74) is 3.78. The number of ether oxygens (including phenoxy) is 2. The summed E-state index contributed by atoms with van der Waals surface area (Å²) in [6, 6.07) is 16.5. The van der Waals surface area contributed by atoms with Gasteiger partial charge >= 0.3 is 6.18 Å². The van der Waals surface area contributed by atoms with Crippen LogP contribution in [-0.2, 0) is 14.8 Å². The number of allylic oxidation sites excluding steroid dienone is 1. The van der Waals surface area contributed by atoms with E-state index in [9.17, 15) is 23.3 Å². The molecule has 69 heavy (non-hydrogen) atoms. The lowest BCUT2D eigenvalue weighted by molar-refractivity contribution is -0.384. The van der Waals surface area contributed by atoms with Gasteiger partial charge in [-0.2, -0.15) is 18.2 Å². The number of halogens is 4. The van der Waals surface area contributed by atoms with Crippen molar-refractivity contribution in [1.29, 1.82) is 0 Å².